The Hall–Kier alpha value is -3.21. The zero-order valence-corrected chi connectivity index (χ0v) is 17.3. The minimum absolute atomic E-state index is 0.574. The first-order chi connectivity index (χ1) is 15.3. The average Bonchev–Trinajstić information content (AvgIpc) is 3.41. The van der Waals surface area contributed by atoms with Gasteiger partial charge in [0.25, 0.3) is 0 Å². The number of pyridine rings is 2. The average molecular weight is 412 g/mol. The molecule has 0 radical (unpaired) electrons. The van der Waals surface area contributed by atoms with Crippen molar-refractivity contribution in [3.8, 4) is 17.2 Å². The Bertz CT molecular complexity index is 1190. The van der Waals surface area contributed by atoms with E-state index in [1.165, 1.54) is 18.4 Å². The number of nitrogens with one attached hydrogen (secondary N) is 1. The van der Waals surface area contributed by atoms with E-state index in [4.69, 9.17) is 9.72 Å². The Morgan fingerprint density at radius 3 is 2.71 bits per heavy atom. The van der Waals surface area contributed by atoms with E-state index in [-0.39, 0.29) is 0 Å². The first-order valence-electron chi connectivity index (χ1n) is 10.9. The van der Waals surface area contributed by atoms with Gasteiger partial charge in [0.1, 0.15) is 11.9 Å². The molecule has 3 aliphatic heterocycles. The molecule has 2 saturated heterocycles. The minimum Gasteiger partial charge on any atom is -0.377 e. The van der Waals surface area contributed by atoms with Crippen molar-refractivity contribution in [3.63, 3.8) is 0 Å². The van der Waals surface area contributed by atoms with E-state index >= 15 is 0 Å². The highest BCUT2D eigenvalue weighted by Gasteiger charge is 2.32. The van der Waals surface area contributed by atoms with Crippen LogP contribution in [0.5, 0.6) is 0 Å². The van der Waals surface area contributed by atoms with Crippen molar-refractivity contribution in [1.29, 1.82) is 5.26 Å². The molecule has 0 saturated carbocycles. The minimum atomic E-state index is 0.574. The van der Waals surface area contributed by atoms with Gasteiger partial charge in [0.05, 0.1) is 30.5 Å². The number of piperazine rings is 1. The molecule has 7 heteroatoms. The van der Waals surface area contributed by atoms with Crippen molar-refractivity contribution in [2.45, 2.75) is 31.3 Å². The third kappa shape index (κ3) is 3.29. The molecule has 3 aromatic heterocycles. The predicted octanol–water partition coefficient (Wildman–Crippen LogP) is 3.01. The second-order valence-corrected chi connectivity index (χ2v) is 8.61. The largest absolute Gasteiger partial charge is 0.377 e. The highest BCUT2D eigenvalue weighted by atomic mass is 16.5. The zero-order valence-electron chi connectivity index (χ0n) is 17.3. The standard InChI is InChI=1S/C24H24N6O/c25-10-19-12-27-30-13-18(16-5-7-31-8-6-16)9-22(24(19)30)17-1-4-23(26-11-17)29-14-20-2-3-21(15-29)28-20/h1,4-5,9,11-13,20-21,28H,2-3,6-8,14-15H2. The van der Waals surface area contributed by atoms with Crippen LogP contribution in [0, 0.1) is 11.3 Å². The van der Waals surface area contributed by atoms with Gasteiger partial charge in [0.2, 0.25) is 0 Å². The van der Waals surface area contributed by atoms with Crippen LogP contribution in [-0.4, -0.2) is 53.0 Å². The monoisotopic (exact) mass is 412 g/mol. The van der Waals surface area contributed by atoms with Gasteiger partial charge >= 0.3 is 0 Å². The maximum Gasteiger partial charge on any atom is 0.128 e. The summed E-state index contributed by atoms with van der Waals surface area (Å²) in [7, 11) is 0. The predicted molar refractivity (Wildman–Crippen MR) is 119 cm³/mol. The van der Waals surface area contributed by atoms with Gasteiger partial charge in [0.15, 0.2) is 0 Å². The van der Waals surface area contributed by atoms with Crippen LogP contribution in [0.15, 0.2) is 42.9 Å². The molecule has 2 unspecified atom stereocenters. The summed E-state index contributed by atoms with van der Waals surface area (Å²) >= 11 is 0. The Kier molecular flexibility index (Phi) is 4.48. The van der Waals surface area contributed by atoms with E-state index in [2.05, 4.69) is 45.7 Å². The third-order valence-corrected chi connectivity index (χ3v) is 6.67. The molecular formula is C24H24N6O. The Morgan fingerprint density at radius 1 is 1.13 bits per heavy atom. The van der Waals surface area contributed by atoms with Crippen LogP contribution < -0.4 is 10.2 Å². The summed E-state index contributed by atoms with van der Waals surface area (Å²) in [4.78, 5) is 7.21. The van der Waals surface area contributed by atoms with Gasteiger partial charge in [-0.15, -0.1) is 0 Å². The molecule has 6 heterocycles. The topological polar surface area (TPSA) is 78.5 Å². The van der Waals surface area contributed by atoms with E-state index in [0.29, 0.717) is 24.3 Å². The second-order valence-electron chi connectivity index (χ2n) is 8.61. The third-order valence-electron chi connectivity index (χ3n) is 6.67. The van der Waals surface area contributed by atoms with E-state index in [1.807, 2.05) is 16.9 Å². The van der Waals surface area contributed by atoms with E-state index in [1.54, 1.807) is 6.20 Å². The van der Waals surface area contributed by atoms with E-state index in [0.717, 1.165) is 54.1 Å². The lowest BCUT2D eigenvalue weighted by molar-refractivity contribution is 0.161. The zero-order chi connectivity index (χ0) is 20.8. The molecule has 0 aliphatic carbocycles. The molecule has 3 aliphatic rings. The van der Waals surface area contributed by atoms with Crippen molar-refractivity contribution in [2.75, 3.05) is 31.2 Å². The Morgan fingerprint density at radius 2 is 2.00 bits per heavy atom. The van der Waals surface area contributed by atoms with Crippen LogP contribution in [0.1, 0.15) is 30.4 Å². The summed E-state index contributed by atoms with van der Waals surface area (Å²) in [6, 6.07) is 9.84. The van der Waals surface area contributed by atoms with Crippen LogP contribution in [0.4, 0.5) is 5.82 Å². The summed E-state index contributed by atoms with van der Waals surface area (Å²) in [5.41, 5.74) is 5.75. The number of hydrogen-bond acceptors (Lipinski definition) is 6. The smallest absolute Gasteiger partial charge is 0.128 e. The van der Waals surface area contributed by atoms with E-state index in [9.17, 15) is 5.26 Å². The number of nitrogens with zero attached hydrogens (tertiary/aromatic N) is 5. The molecule has 0 amide bonds. The van der Waals surface area contributed by atoms with Crippen molar-refractivity contribution >= 4 is 16.9 Å². The number of hydrogen-bond donors (Lipinski definition) is 1. The highest BCUT2D eigenvalue weighted by Crippen LogP contribution is 2.33. The SMILES string of the molecule is N#Cc1cnn2cc(C3=CCOCC3)cc(-c3ccc(N4CC5CCC(C4)N5)nc3)c12. The van der Waals surface area contributed by atoms with Crippen molar-refractivity contribution in [1.82, 2.24) is 19.9 Å². The van der Waals surface area contributed by atoms with Crippen LogP contribution in [0.25, 0.3) is 22.2 Å². The molecular weight excluding hydrogens is 388 g/mol. The number of ether oxygens (including phenoxy) is 1. The molecule has 2 fully saturated rings. The summed E-state index contributed by atoms with van der Waals surface area (Å²) in [6.07, 6.45) is 11.1. The van der Waals surface area contributed by atoms with Gasteiger partial charge in [-0.25, -0.2) is 9.50 Å². The fourth-order valence-electron chi connectivity index (χ4n) is 5.10. The van der Waals surface area contributed by atoms with Gasteiger partial charge in [-0.1, -0.05) is 6.08 Å². The molecule has 0 aromatic carbocycles. The van der Waals surface area contributed by atoms with Gasteiger partial charge in [0, 0.05) is 48.7 Å². The number of anilines is 1. The van der Waals surface area contributed by atoms with E-state index < -0.39 is 0 Å². The lowest BCUT2D eigenvalue weighted by atomic mass is 9.98. The lowest BCUT2D eigenvalue weighted by Crippen LogP contribution is -2.51. The number of rotatable bonds is 3. The first kappa shape index (κ1) is 18.6. The molecule has 31 heavy (non-hydrogen) atoms. The van der Waals surface area contributed by atoms with Gasteiger partial charge < -0.3 is 15.0 Å². The summed E-state index contributed by atoms with van der Waals surface area (Å²) in [5.74, 6) is 1.02. The lowest BCUT2D eigenvalue weighted by Gasteiger charge is -2.33. The molecule has 7 nitrogen and oxygen atoms in total. The van der Waals surface area contributed by atoms with Gasteiger partial charge in [-0.2, -0.15) is 10.4 Å². The molecule has 2 bridgehead atoms. The van der Waals surface area contributed by atoms with Crippen molar-refractivity contribution in [2.24, 2.45) is 0 Å². The first-order valence-corrected chi connectivity index (χ1v) is 10.9. The maximum atomic E-state index is 9.62. The van der Waals surface area contributed by atoms with Crippen molar-refractivity contribution < 1.29 is 4.74 Å². The highest BCUT2D eigenvalue weighted by molar-refractivity contribution is 5.87. The number of aromatic nitrogens is 3. The Balaban J connectivity index is 1.40. The fourth-order valence-corrected chi connectivity index (χ4v) is 5.10. The number of nitriles is 1. The molecule has 1 N–H and O–H groups in total. The fraction of sp³-hybridized carbons (Fsp3) is 0.375. The number of fused-ring (bicyclic) bond motifs is 3. The van der Waals surface area contributed by atoms with Crippen LogP contribution in [0.3, 0.4) is 0 Å². The molecule has 6 rings (SSSR count). The normalized spacial score (nSPS) is 23.1. The molecule has 0 spiro atoms. The Labute approximate surface area is 181 Å². The quantitative estimate of drug-likeness (QED) is 0.713. The maximum absolute atomic E-state index is 9.62. The molecule has 3 aromatic rings. The van der Waals surface area contributed by atoms with Gasteiger partial charge in [-0.05, 0) is 48.6 Å². The van der Waals surface area contributed by atoms with Crippen LogP contribution in [-0.2, 0) is 4.74 Å². The summed E-state index contributed by atoms with van der Waals surface area (Å²) in [5, 5.41) is 17.7. The summed E-state index contributed by atoms with van der Waals surface area (Å²) < 4.78 is 7.30. The van der Waals surface area contributed by atoms with Crippen molar-refractivity contribution in [3.05, 3.63) is 54.0 Å². The molecule has 2 atom stereocenters. The summed E-state index contributed by atoms with van der Waals surface area (Å²) in [6.45, 7) is 3.39. The van der Waals surface area contributed by atoms with Crippen LogP contribution in [0.2, 0.25) is 0 Å². The van der Waals surface area contributed by atoms with Gasteiger partial charge in [-0.3, -0.25) is 0 Å². The molecule has 156 valence electrons. The van der Waals surface area contributed by atoms with Crippen LogP contribution >= 0.6 is 0 Å². The second kappa shape index (κ2) is 7.49.